The second kappa shape index (κ2) is 6.13. The van der Waals surface area contributed by atoms with Gasteiger partial charge in [-0.1, -0.05) is 30.3 Å². The Hall–Kier alpha value is -1.76. The highest BCUT2D eigenvalue weighted by Gasteiger charge is 2.42. The Morgan fingerprint density at radius 2 is 2.05 bits per heavy atom. The molecule has 1 atom stereocenters. The molecule has 0 aliphatic carbocycles. The van der Waals surface area contributed by atoms with Gasteiger partial charge in [-0.25, -0.2) is 9.69 Å². The van der Waals surface area contributed by atoms with E-state index in [0.29, 0.717) is 4.90 Å². The lowest BCUT2D eigenvalue weighted by molar-refractivity contribution is -0.238. The van der Waals surface area contributed by atoms with Crippen LogP contribution < -0.4 is 5.32 Å². The number of likely N-dealkylation sites (tertiary alicyclic amines) is 1. The molecule has 1 aliphatic heterocycles. The average Bonchev–Trinajstić information content (AvgIpc) is 2.86. The van der Waals surface area contributed by atoms with Gasteiger partial charge >= 0.3 is 12.4 Å². The van der Waals surface area contributed by atoms with E-state index in [-0.39, 0.29) is 26.1 Å². The molecule has 1 N–H and O–H groups in total. The maximum Gasteiger partial charge on any atom is 0.459 e. The molecular formula is C13H15F3N2O2. The average molecular weight is 288 g/mol. The number of amides is 1. The fourth-order valence-electron chi connectivity index (χ4n) is 2.04. The Bertz CT molecular complexity index is 451. The van der Waals surface area contributed by atoms with Crippen LogP contribution in [0.15, 0.2) is 30.3 Å². The molecule has 1 unspecified atom stereocenters. The monoisotopic (exact) mass is 288 g/mol. The molecule has 1 aromatic rings. The molecule has 0 spiro atoms. The minimum atomic E-state index is -4.34. The number of carbonyl (C=O) groups is 1. The second-order valence-electron chi connectivity index (χ2n) is 4.61. The van der Waals surface area contributed by atoms with Gasteiger partial charge in [0.05, 0.1) is 0 Å². The highest BCUT2D eigenvalue weighted by atomic mass is 19.4. The van der Waals surface area contributed by atoms with Gasteiger partial charge in [0.1, 0.15) is 6.61 Å². The number of halogens is 3. The van der Waals surface area contributed by atoms with E-state index < -0.39 is 18.4 Å². The fourth-order valence-corrected chi connectivity index (χ4v) is 2.04. The van der Waals surface area contributed by atoms with E-state index >= 15 is 0 Å². The van der Waals surface area contributed by atoms with Crippen LogP contribution in [0.2, 0.25) is 0 Å². The van der Waals surface area contributed by atoms with Crippen molar-refractivity contribution < 1.29 is 22.7 Å². The number of nitrogens with one attached hydrogen (secondary N) is 1. The summed E-state index contributed by atoms with van der Waals surface area (Å²) in [5, 5.41) is 2.45. The standard InChI is InChI=1S/C13H15F3N2O2/c14-13(15,16)18-7-6-11(8-18)17-12(19)20-9-10-4-2-1-3-5-10/h1-5,11H,6-9H2,(H,17,19). The summed E-state index contributed by atoms with van der Waals surface area (Å²) in [5.74, 6) is 0. The maximum atomic E-state index is 12.4. The van der Waals surface area contributed by atoms with Crippen LogP contribution in [0.1, 0.15) is 12.0 Å². The Morgan fingerprint density at radius 1 is 1.35 bits per heavy atom. The van der Waals surface area contributed by atoms with Gasteiger partial charge < -0.3 is 10.1 Å². The van der Waals surface area contributed by atoms with Crippen molar-refractivity contribution in [2.24, 2.45) is 0 Å². The topological polar surface area (TPSA) is 41.6 Å². The molecule has 2 rings (SSSR count). The molecule has 1 saturated heterocycles. The van der Waals surface area contributed by atoms with Crippen molar-refractivity contribution in [3.05, 3.63) is 35.9 Å². The molecular weight excluding hydrogens is 273 g/mol. The van der Waals surface area contributed by atoms with Crippen LogP contribution in [-0.2, 0) is 11.3 Å². The van der Waals surface area contributed by atoms with Gasteiger partial charge in [-0.3, -0.25) is 0 Å². The molecule has 1 aliphatic rings. The van der Waals surface area contributed by atoms with Crippen molar-refractivity contribution in [2.75, 3.05) is 13.1 Å². The first-order valence-corrected chi connectivity index (χ1v) is 6.24. The zero-order valence-corrected chi connectivity index (χ0v) is 10.7. The van der Waals surface area contributed by atoms with Crippen molar-refractivity contribution in [3.8, 4) is 0 Å². The van der Waals surface area contributed by atoms with E-state index in [1.165, 1.54) is 0 Å². The summed E-state index contributed by atoms with van der Waals surface area (Å²) in [5.41, 5.74) is 0.825. The third kappa shape index (κ3) is 4.12. The van der Waals surface area contributed by atoms with Gasteiger partial charge in [-0.2, -0.15) is 13.2 Å². The van der Waals surface area contributed by atoms with E-state index in [9.17, 15) is 18.0 Å². The molecule has 0 aromatic heterocycles. The Labute approximate surface area is 114 Å². The minimum Gasteiger partial charge on any atom is -0.445 e. The van der Waals surface area contributed by atoms with Crippen LogP contribution in [0, 0.1) is 0 Å². The van der Waals surface area contributed by atoms with Crippen molar-refractivity contribution in [2.45, 2.75) is 25.4 Å². The molecule has 1 amide bonds. The van der Waals surface area contributed by atoms with Gasteiger partial charge in [0, 0.05) is 19.1 Å². The Balaban J connectivity index is 1.73. The molecule has 7 heteroatoms. The van der Waals surface area contributed by atoms with Gasteiger partial charge in [-0.15, -0.1) is 0 Å². The Kier molecular flexibility index (Phi) is 4.49. The highest BCUT2D eigenvalue weighted by molar-refractivity contribution is 5.67. The number of hydrogen-bond donors (Lipinski definition) is 1. The fraction of sp³-hybridized carbons (Fsp3) is 0.462. The quantitative estimate of drug-likeness (QED) is 0.869. The largest absolute Gasteiger partial charge is 0.459 e. The van der Waals surface area contributed by atoms with Crippen LogP contribution in [0.25, 0.3) is 0 Å². The Morgan fingerprint density at radius 3 is 2.65 bits per heavy atom. The second-order valence-corrected chi connectivity index (χ2v) is 4.61. The van der Waals surface area contributed by atoms with Gasteiger partial charge in [0.15, 0.2) is 0 Å². The van der Waals surface area contributed by atoms with E-state index in [0.717, 1.165) is 5.56 Å². The zero-order chi connectivity index (χ0) is 14.6. The van der Waals surface area contributed by atoms with Gasteiger partial charge in [0.2, 0.25) is 0 Å². The van der Waals surface area contributed by atoms with Crippen molar-refractivity contribution in [3.63, 3.8) is 0 Å². The highest BCUT2D eigenvalue weighted by Crippen LogP contribution is 2.25. The summed E-state index contributed by atoms with van der Waals surface area (Å²) in [4.78, 5) is 11.9. The number of rotatable bonds is 3. The summed E-state index contributed by atoms with van der Waals surface area (Å²) in [6.07, 6.45) is -4.77. The van der Waals surface area contributed by atoms with Crippen LogP contribution in [0.3, 0.4) is 0 Å². The summed E-state index contributed by atoms with van der Waals surface area (Å²) in [6.45, 7) is -0.237. The van der Waals surface area contributed by atoms with Crippen LogP contribution >= 0.6 is 0 Å². The lowest BCUT2D eigenvalue weighted by Gasteiger charge is -2.19. The number of alkyl carbamates (subject to hydrolysis) is 1. The molecule has 1 aromatic carbocycles. The molecule has 1 fully saturated rings. The number of hydrogen-bond acceptors (Lipinski definition) is 3. The van der Waals surface area contributed by atoms with Gasteiger partial charge in [0.25, 0.3) is 0 Å². The van der Waals surface area contributed by atoms with Crippen molar-refractivity contribution in [1.82, 2.24) is 10.2 Å². The molecule has 0 radical (unpaired) electrons. The first-order valence-electron chi connectivity index (χ1n) is 6.24. The number of benzene rings is 1. The zero-order valence-electron chi connectivity index (χ0n) is 10.7. The molecule has 4 nitrogen and oxygen atoms in total. The van der Waals surface area contributed by atoms with E-state index in [1.54, 1.807) is 12.1 Å². The lowest BCUT2D eigenvalue weighted by atomic mass is 10.2. The van der Waals surface area contributed by atoms with E-state index in [4.69, 9.17) is 4.74 Å². The van der Waals surface area contributed by atoms with Crippen molar-refractivity contribution in [1.29, 1.82) is 0 Å². The van der Waals surface area contributed by atoms with Crippen LogP contribution in [0.4, 0.5) is 18.0 Å². The normalized spacial score (nSPS) is 19.9. The summed E-state index contributed by atoms with van der Waals surface area (Å²) in [6, 6.07) is 8.54. The third-order valence-corrected chi connectivity index (χ3v) is 3.08. The molecule has 20 heavy (non-hydrogen) atoms. The smallest absolute Gasteiger partial charge is 0.445 e. The SMILES string of the molecule is O=C(NC1CCN(C(F)(F)F)C1)OCc1ccccc1. The molecule has 1 heterocycles. The molecule has 0 bridgehead atoms. The summed E-state index contributed by atoms with van der Waals surface area (Å²) >= 11 is 0. The number of ether oxygens (including phenoxy) is 1. The summed E-state index contributed by atoms with van der Waals surface area (Å²) < 4.78 is 42.2. The van der Waals surface area contributed by atoms with Crippen molar-refractivity contribution >= 4 is 6.09 Å². The van der Waals surface area contributed by atoms with E-state index in [2.05, 4.69) is 5.32 Å². The van der Waals surface area contributed by atoms with Crippen LogP contribution in [-0.4, -0.2) is 36.4 Å². The molecule has 110 valence electrons. The predicted octanol–water partition coefficient (Wildman–Crippen LogP) is 2.51. The minimum absolute atomic E-state index is 0.0996. The third-order valence-electron chi connectivity index (χ3n) is 3.08. The predicted molar refractivity (Wildman–Crippen MR) is 65.8 cm³/mol. The maximum absolute atomic E-state index is 12.4. The van der Waals surface area contributed by atoms with Gasteiger partial charge in [-0.05, 0) is 12.0 Å². The number of nitrogens with zero attached hydrogens (tertiary/aromatic N) is 1. The summed E-state index contributed by atoms with van der Waals surface area (Å²) in [7, 11) is 0. The number of alkyl halides is 3. The first kappa shape index (κ1) is 14.6. The lowest BCUT2D eigenvalue weighted by Crippen LogP contribution is -2.41. The van der Waals surface area contributed by atoms with Crippen LogP contribution in [0.5, 0.6) is 0 Å². The first-order chi connectivity index (χ1) is 9.45. The molecule has 0 saturated carbocycles. The van der Waals surface area contributed by atoms with E-state index in [1.807, 2.05) is 18.2 Å². The number of carbonyl (C=O) groups excluding carboxylic acids is 1.